The molecule has 0 aliphatic carbocycles. The zero-order chi connectivity index (χ0) is 13.6. The minimum absolute atomic E-state index is 0.348. The van der Waals surface area contributed by atoms with Crippen LogP contribution in [0.4, 0.5) is 13.2 Å². The Morgan fingerprint density at radius 3 is 2.18 bits per heavy atom. The molecular formula is C9H15F3N2O3. The predicted octanol–water partition coefficient (Wildman–Crippen LogP) is 0.364. The van der Waals surface area contributed by atoms with Crippen molar-refractivity contribution in [3.63, 3.8) is 0 Å². The molecular weight excluding hydrogens is 241 g/mol. The largest absolute Gasteiger partial charge is 0.480 e. The van der Waals surface area contributed by atoms with Gasteiger partial charge in [0.05, 0.1) is 13.1 Å². The van der Waals surface area contributed by atoms with Crippen LogP contribution in [0.25, 0.3) is 0 Å². The number of alkyl halides is 3. The molecule has 0 aromatic carbocycles. The molecule has 17 heavy (non-hydrogen) atoms. The first-order chi connectivity index (χ1) is 7.63. The van der Waals surface area contributed by atoms with Gasteiger partial charge in [0.25, 0.3) is 0 Å². The molecule has 5 nitrogen and oxygen atoms in total. The summed E-state index contributed by atoms with van der Waals surface area (Å²) in [6.07, 6.45) is -4.40. The Hall–Kier alpha value is -1.31. The van der Waals surface area contributed by atoms with Crippen LogP contribution in [0.1, 0.15) is 13.8 Å². The third-order valence-corrected chi connectivity index (χ3v) is 1.86. The minimum atomic E-state index is -4.40. The fourth-order valence-electron chi connectivity index (χ4n) is 1.06. The van der Waals surface area contributed by atoms with E-state index in [2.05, 4.69) is 5.32 Å². The zero-order valence-electron chi connectivity index (χ0n) is 9.47. The second kappa shape index (κ2) is 6.43. The summed E-state index contributed by atoms with van der Waals surface area (Å²) in [4.78, 5) is 21.8. The average molecular weight is 256 g/mol. The second-order valence-electron chi connectivity index (χ2n) is 3.85. The number of amides is 1. The smallest absolute Gasteiger partial charge is 0.401 e. The topological polar surface area (TPSA) is 78.4 Å². The molecule has 0 aromatic heterocycles. The lowest BCUT2D eigenvalue weighted by molar-refractivity contribution is -0.143. The fourth-order valence-corrected chi connectivity index (χ4v) is 1.06. The quantitative estimate of drug-likeness (QED) is 0.641. The van der Waals surface area contributed by atoms with Crippen LogP contribution >= 0.6 is 0 Å². The molecule has 1 unspecified atom stereocenters. The molecule has 0 fully saturated rings. The number of carbonyl (C=O) groups is 2. The van der Waals surface area contributed by atoms with Gasteiger partial charge in [0, 0.05) is 0 Å². The van der Waals surface area contributed by atoms with Crippen molar-refractivity contribution in [2.75, 3.05) is 13.1 Å². The summed E-state index contributed by atoms with van der Waals surface area (Å²) in [5.41, 5.74) is 0. The number of rotatable bonds is 6. The van der Waals surface area contributed by atoms with Crippen molar-refractivity contribution >= 4 is 11.9 Å². The molecule has 8 heteroatoms. The Morgan fingerprint density at radius 1 is 1.29 bits per heavy atom. The van der Waals surface area contributed by atoms with Gasteiger partial charge in [0.2, 0.25) is 5.91 Å². The van der Waals surface area contributed by atoms with Crippen LogP contribution in [-0.4, -0.2) is 42.3 Å². The van der Waals surface area contributed by atoms with E-state index in [9.17, 15) is 22.8 Å². The van der Waals surface area contributed by atoms with Crippen molar-refractivity contribution < 1.29 is 27.9 Å². The fraction of sp³-hybridized carbons (Fsp3) is 0.778. The molecule has 1 atom stereocenters. The highest BCUT2D eigenvalue weighted by atomic mass is 19.4. The monoisotopic (exact) mass is 256 g/mol. The predicted molar refractivity (Wildman–Crippen MR) is 53.3 cm³/mol. The molecule has 0 radical (unpaired) electrons. The third kappa shape index (κ3) is 7.56. The van der Waals surface area contributed by atoms with E-state index in [1.165, 1.54) is 0 Å². The van der Waals surface area contributed by atoms with Crippen molar-refractivity contribution in [2.45, 2.75) is 26.1 Å². The molecule has 0 aliphatic heterocycles. The molecule has 1 amide bonds. The number of nitrogens with one attached hydrogen (secondary N) is 2. The van der Waals surface area contributed by atoms with Crippen molar-refractivity contribution in [1.82, 2.24) is 10.6 Å². The molecule has 100 valence electrons. The number of aliphatic carboxylic acids is 1. The second-order valence-corrected chi connectivity index (χ2v) is 3.85. The molecule has 0 bridgehead atoms. The van der Waals surface area contributed by atoms with Gasteiger partial charge in [-0.05, 0) is 5.92 Å². The first-order valence-electron chi connectivity index (χ1n) is 4.93. The van der Waals surface area contributed by atoms with Gasteiger partial charge in [-0.1, -0.05) is 13.8 Å². The van der Waals surface area contributed by atoms with Gasteiger partial charge in [-0.3, -0.25) is 4.79 Å². The van der Waals surface area contributed by atoms with Gasteiger partial charge in [-0.15, -0.1) is 0 Å². The van der Waals surface area contributed by atoms with E-state index in [1.807, 2.05) is 5.32 Å². The summed E-state index contributed by atoms with van der Waals surface area (Å²) in [5, 5.41) is 12.7. The van der Waals surface area contributed by atoms with Gasteiger partial charge in [0.1, 0.15) is 6.04 Å². The summed E-state index contributed by atoms with van der Waals surface area (Å²) < 4.78 is 35.2. The Labute approximate surface area is 96.4 Å². The maximum atomic E-state index is 11.7. The Kier molecular flexibility index (Phi) is 5.94. The highest BCUT2D eigenvalue weighted by Gasteiger charge is 2.27. The SMILES string of the molecule is CC(C)C(NC(=O)CNCC(F)(F)F)C(=O)O. The van der Waals surface area contributed by atoms with Crippen molar-refractivity contribution in [2.24, 2.45) is 5.92 Å². The lowest BCUT2D eigenvalue weighted by atomic mass is 10.1. The van der Waals surface area contributed by atoms with Crippen LogP contribution in [0.2, 0.25) is 0 Å². The highest BCUT2D eigenvalue weighted by molar-refractivity contribution is 5.84. The first-order valence-corrected chi connectivity index (χ1v) is 4.93. The van der Waals surface area contributed by atoms with Gasteiger partial charge < -0.3 is 15.7 Å². The highest BCUT2D eigenvalue weighted by Crippen LogP contribution is 2.11. The van der Waals surface area contributed by atoms with E-state index >= 15 is 0 Å². The number of hydrogen-bond donors (Lipinski definition) is 3. The average Bonchev–Trinajstić information content (AvgIpc) is 2.10. The maximum Gasteiger partial charge on any atom is 0.401 e. The Bertz CT molecular complexity index is 279. The molecule has 0 aliphatic rings. The molecule has 3 N–H and O–H groups in total. The lowest BCUT2D eigenvalue weighted by Gasteiger charge is -2.18. The Morgan fingerprint density at radius 2 is 1.82 bits per heavy atom. The Balaban J connectivity index is 4.04. The van der Waals surface area contributed by atoms with E-state index in [0.29, 0.717) is 0 Å². The van der Waals surface area contributed by atoms with Crippen molar-refractivity contribution in [3.05, 3.63) is 0 Å². The summed E-state index contributed by atoms with van der Waals surface area (Å²) in [6.45, 7) is 1.31. The summed E-state index contributed by atoms with van der Waals surface area (Å²) in [7, 11) is 0. The first kappa shape index (κ1) is 15.7. The van der Waals surface area contributed by atoms with Crippen molar-refractivity contribution in [1.29, 1.82) is 0 Å². The zero-order valence-corrected chi connectivity index (χ0v) is 9.47. The van der Waals surface area contributed by atoms with Gasteiger partial charge in [0.15, 0.2) is 0 Å². The number of carboxylic acid groups (broad SMARTS) is 1. The number of halogens is 3. The normalized spacial score (nSPS) is 13.5. The number of carboxylic acids is 1. The third-order valence-electron chi connectivity index (χ3n) is 1.86. The van der Waals surface area contributed by atoms with Gasteiger partial charge in [-0.25, -0.2) is 4.79 Å². The van der Waals surface area contributed by atoms with Crippen LogP contribution in [0.5, 0.6) is 0 Å². The maximum absolute atomic E-state index is 11.7. The van der Waals surface area contributed by atoms with E-state index in [-0.39, 0.29) is 5.92 Å². The van der Waals surface area contributed by atoms with Crippen LogP contribution in [-0.2, 0) is 9.59 Å². The van der Waals surface area contributed by atoms with Crippen LogP contribution < -0.4 is 10.6 Å². The minimum Gasteiger partial charge on any atom is -0.480 e. The van der Waals surface area contributed by atoms with Gasteiger partial charge >= 0.3 is 12.1 Å². The molecule has 0 rings (SSSR count). The van der Waals surface area contributed by atoms with E-state index in [1.54, 1.807) is 13.8 Å². The lowest BCUT2D eigenvalue weighted by Crippen LogP contribution is -2.48. The van der Waals surface area contributed by atoms with Crippen LogP contribution in [0, 0.1) is 5.92 Å². The number of carbonyl (C=O) groups excluding carboxylic acids is 1. The molecule has 0 heterocycles. The molecule has 0 aromatic rings. The summed E-state index contributed by atoms with van der Waals surface area (Å²) in [5.74, 6) is -2.35. The standard InChI is InChI=1S/C9H15F3N2O3/c1-5(2)7(8(16)17)14-6(15)3-13-4-9(10,11)12/h5,7,13H,3-4H2,1-2H3,(H,14,15)(H,16,17). The summed E-state index contributed by atoms with van der Waals surface area (Å²) >= 11 is 0. The summed E-state index contributed by atoms with van der Waals surface area (Å²) in [6, 6.07) is -1.10. The van der Waals surface area contributed by atoms with Crippen LogP contribution in [0.15, 0.2) is 0 Å². The number of hydrogen-bond acceptors (Lipinski definition) is 3. The van der Waals surface area contributed by atoms with Gasteiger partial charge in [-0.2, -0.15) is 13.2 Å². The van der Waals surface area contributed by atoms with Crippen molar-refractivity contribution in [3.8, 4) is 0 Å². The molecule has 0 saturated carbocycles. The molecule has 0 spiro atoms. The molecule has 0 saturated heterocycles. The van der Waals surface area contributed by atoms with E-state index < -0.39 is 37.2 Å². The van der Waals surface area contributed by atoms with E-state index in [4.69, 9.17) is 5.11 Å². The van der Waals surface area contributed by atoms with Crippen LogP contribution in [0.3, 0.4) is 0 Å². The van der Waals surface area contributed by atoms with E-state index in [0.717, 1.165) is 0 Å².